The zero-order chi connectivity index (χ0) is 11.5. The molecular weight excluding hydrogens is 242 g/mol. The summed E-state index contributed by atoms with van der Waals surface area (Å²) in [5.74, 6) is 0. The zero-order valence-corrected chi connectivity index (χ0v) is 10.3. The molecule has 0 aliphatic rings. The van der Waals surface area contributed by atoms with Gasteiger partial charge in [0.05, 0.1) is 5.01 Å². The fourth-order valence-corrected chi connectivity index (χ4v) is 2.49. The standard InChI is InChI=1S/C12H10ClNOS/c1-8-11(7-15)14-12(16-8)6-9-2-4-10(13)5-3-9/h2-5,7H,6H2,1H3. The van der Waals surface area contributed by atoms with E-state index in [0.29, 0.717) is 5.69 Å². The van der Waals surface area contributed by atoms with Gasteiger partial charge in [0.1, 0.15) is 5.69 Å². The van der Waals surface area contributed by atoms with E-state index in [-0.39, 0.29) is 0 Å². The van der Waals surface area contributed by atoms with Crippen LogP contribution >= 0.6 is 22.9 Å². The number of aldehydes is 1. The highest BCUT2D eigenvalue weighted by Gasteiger charge is 2.06. The Labute approximate surface area is 103 Å². The van der Waals surface area contributed by atoms with Crippen LogP contribution in [0.1, 0.15) is 25.9 Å². The Bertz CT molecular complexity index is 504. The lowest BCUT2D eigenvalue weighted by atomic mass is 10.2. The van der Waals surface area contributed by atoms with Crippen molar-refractivity contribution in [1.29, 1.82) is 0 Å². The summed E-state index contributed by atoms with van der Waals surface area (Å²) in [5.41, 5.74) is 1.70. The number of aryl methyl sites for hydroxylation is 1. The Balaban J connectivity index is 2.20. The van der Waals surface area contributed by atoms with Gasteiger partial charge in [0.2, 0.25) is 0 Å². The summed E-state index contributed by atoms with van der Waals surface area (Å²) in [6.45, 7) is 1.91. The van der Waals surface area contributed by atoms with Gasteiger partial charge in [-0.1, -0.05) is 23.7 Å². The number of carbonyl (C=O) groups excluding carboxylic acids is 1. The van der Waals surface area contributed by atoms with Crippen LogP contribution in [0.3, 0.4) is 0 Å². The second-order valence-corrected chi connectivity index (χ2v) is 5.19. The fourth-order valence-electron chi connectivity index (χ4n) is 1.43. The average Bonchev–Trinajstić information content (AvgIpc) is 2.62. The fraction of sp³-hybridized carbons (Fsp3) is 0.167. The summed E-state index contributed by atoms with van der Waals surface area (Å²) >= 11 is 7.37. The number of hydrogen-bond donors (Lipinski definition) is 0. The summed E-state index contributed by atoms with van der Waals surface area (Å²) < 4.78 is 0. The van der Waals surface area contributed by atoms with Gasteiger partial charge in [-0.2, -0.15) is 0 Å². The summed E-state index contributed by atoms with van der Waals surface area (Å²) in [5, 5.41) is 1.69. The van der Waals surface area contributed by atoms with Gasteiger partial charge in [0.25, 0.3) is 0 Å². The van der Waals surface area contributed by atoms with Crippen LogP contribution in [0.2, 0.25) is 5.02 Å². The Morgan fingerprint density at radius 3 is 2.62 bits per heavy atom. The molecule has 2 rings (SSSR count). The Hall–Kier alpha value is -1.19. The number of aromatic nitrogens is 1. The van der Waals surface area contributed by atoms with Crippen LogP contribution in [0.4, 0.5) is 0 Å². The van der Waals surface area contributed by atoms with Crippen LogP contribution in [-0.4, -0.2) is 11.3 Å². The molecule has 0 radical (unpaired) electrons. The Morgan fingerprint density at radius 1 is 1.38 bits per heavy atom. The van der Waals surface area contributed by atoms with Crippen LogP contribution < -0.4 is 0 Å². The Kier molecular flexibility index (Phi) is 3.36. The van der Waals surface area contributed by atoms with Gasteiger partial charge in [0, 0.05) is 16.3 Å². The predicted molar refractivity (Wildman–Crippen MR) is 66.5 cm³/mol. The maximum atomic E-state index is 10.7. The van der Waals surface area contributed by atoms with Gasteiger partial charge in [-0.05, 0) is 24.6 Å². The molecule has 1 aromatic heterocycles. The van der Waals surface area contributed by atoms with Crippen molar-refractivity contribution in [3.63, 3.8) is 0 Å². The van der Waals surface area contributed by atoms with Gasteiger partial charge in [0.15, 0.2) is 6.29 Å². The van der Waals surface area contributed by atoms with E-state index >= 15 is 0 Å². The molecule has 0 N–H and O–H groups in total. The molecule has 0 amide bonds. The third-order valence-electron chi connectivity index (χ3n) is 2.26. The molecule has 2 aromatic rings. The third-order valence-corrected chi connectivity index (χ3v) is 3.50. The van der Waals surface area contributed by atoms with E-state index in [4.69, 9.17) is 11.6 Å². The topological polar surface area (TPSA) is 30.0 Å². The zero-order valence-electron chi connectivity index (χ0n) is 8.74. The number of rotatable bonds is 3. The maximum Gasteiger partial charge on any atom is 0.169 e. The van der Waals surface area contributed by atoms with Crippen molar-refractivity contribution in [3.8, 4) is 0 Å². The summed E-state index contributed by atoms with van der Waals surface area (Å²) in [6, 6.07) is 7.66. The number of thiazole rings is 1. The first-order chi connectivity index (χ1) is 7.69. The third kappa shape index (κ3) is 2.49. The summed E-state index contributed by atoms with van der Waals surface area (Å²) in [4.78, 5) is 15.9. The van der Waals surface area contributed by atoms with Crippen LogP contribution in [0.5, 0.6) is 0 Å². The lowest BCUT2D eigenvalue weighted by Crippen LogP contribution is -1.88. The van der Waals surface area contributed by atoms with E-state index in [1.165, 1.54) is 0 Å². The molecule has 82 valence electrons. The van der Waals surface area contributed by atoms with E-state index in [1.807, 2.05) is 31.2 Å². The molecule has 16 heavy (non-hydrogen) atoms. The Morgan fingerprint density at radius 2 is 2.06 bits per heavy atom. The smallest absolute Gasteiger partial charge is 0.169 e. The van der Waals surface area contributed by atoms with E-state index in [1.54, 1.807) is 11.3 Å². The first-order valence-corrected chi connectivity index (χ1v) is 6.04. The molecule has 1 heterocycles. The average molecular weight is 252 g/mol. The molecule has 2 nitrogen and oxygen atoms in total. The molecule has 1 aromatic carbocycles. The molecular formula is C12H10ClNOS. The van der Waals surface area contributed by atoms with Crippen LogP contribution in [0.15, 0.2) is 24.3 Å². The SMILES string of the molecule is Cc1sc(Cc2ccc(Cl)cc2)nc1C=O. The number of carbonyl (C=O) groups is 1. The molecule has 0 spiro atoms. The van der Waals surface area contributed by atoms with E-state index in [2.05, 4.69) is 4.98 Å². The predicted octanol–water partition coefficient (Wildman–Crippen LogP) is 3.51. The number of nitrogens with zero attached hydrogens (tertiary/aromatic N) is 1. The van der Waals surface area contributed by atoms with Gasteiger partial charge < -0.3 is 0 Å². The second kappa shape index (κ2) is 4.76. The minimum absolute atomic E-state index is 0.550. The molecule has 0 aliphatic heterocycles. The lowest BCUT2D eigenvalue weighted by Gasteiger charge is -1.97. The lowest BCUT2D eigenvalue weighted by molar-refractivity contribution is 0.111. The van der Waals surface area contributed by atoms with Crippen molar-refractivity contribution >= 4 is 29.2 Å². The molecule has 0 fully saturated rings. The van der Waals surface area contributed by atoms with Gasteiger partial charge in [-0.15, -0.1) is 11.3 Å². The second-order valence-electron chi connectivity index (χ2n) is 3.47. The van der Waals surface area contributed by atoms with Crippen molar-refractivity contribution in [2.24, 2.45) is 0 Å². The van der Waals surface area contributed by atoms with Crippen LogP contribution in [0, 0.1) is 6.92 Å². The summed E-state index contributed by atoms with van der Waals surface area (Å²) in [7, 11) is 0. The van der Waals surface area contributed by atoms with E-state index in [0.717, 1.165) is 33.2 Å². The van der Waals surface area contributed by atoms with Crippen LogP contribution in [0.25, 0.3) is 0 Å². The minimum atomic E-state index is 0.550. The van der Waals surface area contributed by atoms with Crippen molar-refractivity contribution in [2.75, 3.05) is 0 Å². The van der Waals surface area contributed by atoms with Gasteiger partial charge in [-0.3, -0.25) is 4.79 Å². The monoisotopic (exact) mass is 251 g/mol. The normalized spacial score (nSPS) is 10.4. The molecule has 0 saturated carbocycles. The van der Waals surface area contributed by atoms with Gasteiger partial charge >= 0.3 is 0 Å². The molecule has 4 heteroatoms. The first-order valence-electron chi connectivity index (χ1n) is 4.85. The number of hydrogen-bond acceptors (Lipinski definition) is 3. The highest BCUT2D eigenvalue weighted by atomic mass is 35.5. The van der Waals surface area contributed by atoms with E-state index < -0.39 is 0 Å². The van der Waals surface area contributed by atoms with Crippen LogP contribution in [-0.2, 0) is 6.42 Å². The van der Waals surface area contributed by atoms with Gasteiger partial charge in [-0.25, -0.2) is 4.98 Å². The highest BCUT2D eigenvalue weighted by molar-refractivity contribution is 7.11. The molecule has 0 unspecified atom stereocenters. The molecule has 0 saturated heterocycles. The van der Waals surface area contributed by atoms with Crippen molar-refractivity contribution < 1.29 is 4.79 Å². The molecule has 0 bridgehead atoms. The van der Waals surface area contributed by atoms with Crippen molar-refractivity contribution in [2.45, 2.75) is 13.3 Å². The summed E-state index contributed by atoms with van der Waals surface area (Å²) in [6.07, 6.45) is 1.55. The molecule has 0 atom stereocenters. The molecule has 0 aliphatic carbocycles. The number of benzene rings is 1. The first kappa shape index (κ1) is 11.3. The minimum Gasteiger partial charge on any atom is -0.296 e. The van der Waals surface area contributed by atoms with E-state index in [9.17, 15) is 4.79 Å². The quantitative estimate of drug-likeness (QED) is 0.782. The van der Waals surface area contributed by atoms with Crippen molar-refractivity contribution in [3.05, 3.63) is 50.4 Å². The largest absolute Gasteiger partial charge is 0.296 e. The van der Waals surface area contributed by atoms with Crippen molar-refractivity contribution in [1.82, 2.24) is 4.98 Å². The maximum absolute atomic E-state index is 10.7. The number of halogens is 1. The highest BCUT2D eigenvalue weighted by Crippen LogP contribution is 2.20.